The fraction of sp³-hybridized carbons (Fsp3) is 0.900. The third kappa shape index (κ3) is 2.38. The minimum Gasteiger partial charge on any atom is -0.480 e. The van der Waals surface area contributed by atoms with Crippen molar-refractivity contribution in [2.75, 3.05) is 18.6 Å². The van der Waals surface area contributed by atoms with Crippen LogP contribution < -0.4 is 0 Å². The van der Waals surface area contributed by atoms with Crippen LogP contribution in [0.2, 0.25) is 0 Å². The molecule has 1 saturated carbocycles. The van der Waals surface area contributed by atoms with Crippen molar-refractivity contribution >= 4 is 15.8 Å². The molecule has 2 unspecified atom stereocenters. The number of sulfone groups is 1. The summed E-state index contributed by atoms with van der Waals surface area (Å²) in [5.74, 6) is -0.306. The van der Waals surface area contributed by atoms with E-state index < -0.39 is 21.8 Å². The molecule has 0 spiro atoms. The number of aliphatic carboxylic acids is 1. The van der Waals surface area contributed by atoms with Gasteiger partial charge in [-0.2, -0.15) is 0 Å². The van der Waals surface area contributed by atoms with Gasteiger partial charge in [-0.05, 0) is 32.2 Å². The average Bonchev–Trinajstić information content (AvgIpc) is 2.90. The molecule has 2 aliphatic rings. The summed E-state index contributed by atoms with van der Waals surface area (Å²) >= 11 is 0. The molecule has 0 radical (unpaired) electrons. The number of carboxylic acids is 1. The minimum absolute atomic E-state index is 0.111. The average molecular weight is 247 g/mol. The van der Waals surface area contributed by atoms with Gasteiger partial charge in [0.2, 0.25) is 0 Å². The number of hydrogen-bond acceptors (Lipinski definition) is 4. The molecule has 1 aliphatic carbocycles. The van der Waals surface area contributed by atoms with Crippen molar-refractivity contribution in [2.45, 2.75) is 31.3 Å². The Hall–Kier alpha value is -0.620. The molecule has 1 saturated heterocycles. The summed E-state index contributed by atoms with van der Waals surface area (Å²) in [6, 6.07) is -0.620. The highest BCUT2D eigenvalue weighted by Crippen LogP contribution is 2.36. The van der Waals surface area contributed by atoms with E-state index in [1.165, 1.54) is 0 Å². The summed E-state index contributed by atoms with van der Waals surface area (Å²) in [6.07, 6.45) is 2.46. The summed E-state index contributed by atoms with van der Waals surface area (Å²) in [7, 11) is -1.20. The van der Waals surface area contributed by atoms with Gasteiger partial charge in [0.25, 0.3) is 0 Å². The summed E-state index contributed by atoms with van der Waals surface area (Å²) in [5.41, 5.74) is 0. The monoisotopic (exact) mass is 247 g/mol. The number of carboxylic acid groups (broad SMARTS) is 1. The van der Waals surface area contributed by atoms with Gasteiger partial charge < -0.3 is 5.11 Å². The van der Waals surface area contributed by atoms with Crippen LogP contribution in [-0.4, -0.2) is 55.0 Å². The second kappa shape index (κ2) is 4.00. The molecule has 0 aromatic carbocycles. The van der Waals surface area contributed by atoms with Crippen LogP contribution in [0, 0.1) is 5.92 Å². The highest BCUT2D eigenvalue weighted by atomic mass is 32.2. The first-order valence-corrected chi connectivity index (χ1v) is 7.38. The maximum absolute atomic E-state index is 11.3. The van der Waals surface area contributed by atoms with Crippen LogP contribution in [0.15, 0.2) is 0 Å². The molecule has 2 rings (SSSR count). The standard InChI is InChI=1S/C10H17NO4S/c1-11(8-4-5-16(14,15)6-8)9(10(12)13)7-2-3-7/h7-9H,2-6H2,1H3,(H,12,13). The topological polar surface area (TPSA) is 74.7 Å². The molecule has 0 bridgehead atoms. The van der Waals surface area contributed by atoms with E-state index in [4.69, 9.17) is 5.11 Å². The Labute approximate surface area is 95.4 Å². The Morgan fingerprint density at radius 2 is 2.00 bits per heavy atom. The molecule has 1 N–H and O–H groups in total. The number of likely N-dealkylation sites (N-methyl/N-ethyl adjacent to an activating group) is 1. The highest BCUT2D eigenvalue weighted by Gasteiger charge is 2.43. The molecular weight excluding hydrogens is 230 g/mol. The molecule has 5 nitrogen and oxygen atoms in total. The first kappa shape index (κ1) is 11.9. The Balaban J connectivity index is 2.06. The quantitative estimate of drug-likeness (QED) is 0.755. The van der Waals surface area contributed by atoms with Gasteiger partial charge in [-0.15, -0.1) is 0 Å². The second-order valence-corrected chi connectivity index (χ2v) is 7.07. The first-order chi connectivity index (χ1) is 7.41. The minimum atomic E-state index is -2.94. The summed E-state index contributed by atoms with van der Waals surface area (Å²) in [6.45, 7) is 0. The van der Waals surface area contributed by atoms with Crippen LogP contribution in [0.4, 0.5) is 0 Å². The van der Waals surface area contributed by atoms with Gasteiger partial charge in [0, 0.05) is 6.04 Å². The number of hydrogen-bond donors (Lipinski definition) is 1. The zero-order chi connectivity index (χ0) is 11.9. The van der Waals surface area contributed by atoms with Crippen molar-refractivity contribution in [1.29, 1.82) is 0 Å². The Bertz CT molecular complexity index is 388. The van der Waals surface area contributed by atoms with Gasteiger partial charge in [0.05, 0.1) is 11.5 Å². The van der Waals surface area contributed by atoms with Gasteiger partial charge in [-0.3, -0.25) is 9.69 Å². The fourth-order valence-electron chi connectivity index (χ4n) is 2.44. The predicted molar refractivity (Wildman–Crippen MR) is 59.0 cm³/mol. The van der Waals surface area contributed by atoms with Gasteiger partial charge in [-0.25, -0.2) is 8.42 Å². The second-order valence-electron chi connectivity index (χ2n) is 4.84. The molecule has 1 aliphatic heterocycles. The molecule has 1 heterocycles. The normalized spacial score (nSPS) is 30.5. The van der Waals surface area contributed by atoms with Crippen molar-refractivity contribution < 1.29 is 18.3 Å². The Morgan fingerprint density at radius 3 is 2.38 bits per heavy atom. The van der Waals surface area contributed by atoms with E-state index in [1.54, 1.807) is 11.9 Å². The molecule has 2 atom stereocenters. The van der Waals surface area contributed by atoms with Crippen molar-refractivity contribution in [3.8, 4) is 0 Å². The van der Waals surface area contributed by atoms with Crippen molar-refractivity contribution in [1.82, 2.24) is 4.90 Å². The van der Waals surface area contributed by atoms with Crippen molar-refractivity contribution in [3.63, 3.8) is 0 Å². The Kier molecular flexibility index (Phi) is 2.96. The van der Waals surface area contributed by atoms with Crippen molar-refractivity contribution in [3.05, 3.63) is 0 Å². The highest BCUT2D eigenvalue weighted by molar-refractivity contribution is 7.91. The first-order valence-electron chi connectivity index (χ1n) is 5.56. The van der Waals surface area contributed by atoms with E-state index in [2.05, 4.69) is 0 Å². The van der Waals surface area contributed by atoms with E-state index in [9.17, 15) is 13.2 Å². The zero-order valence-corrected chi connectivity index (χ0v) is 10.1. The summed E-state index contributed by atoms with van der Waals surface area (Å²) in [4.78, 5) is 12.9. The molecular formula is C10H17NO4S. The third-order valence-electron chi connectivity index (χ3n) is 3.54. The zero-order valence-electron chi connectivity index (χ0n) is 9.30. The van der Waals surface area contributed by atoms with E-state index in [0.29, 0.717) is 6.42 Å². The summed E-state index contributed by atoms with van der Waals surface area (Å²) < 4.78 is 22.7. The molecule has 0 aromatic heterocycles. The van der Waals surface area contributed by atoms with E-state index >= 15 is 0 Å². The lowest BCUT2D eigenvalue weighted by molar-refractivity contribution is -0.144. The van der Waals surface area contributed by atoms with Crippen LogP contribution >= 0.6 is 0 Å². The molecule has 2 fully saturated rings. The van der Waals surface area contributed by atoms with E-state index in [0.717, 1.165) is 12.8 Å². The molecule has 92 valence electrons. The maximum Gasteiger partial charge on any atom is 0.321 e. The largest absolute Gasteiger partial charge is 0.480 e. The maximum atomic E-state index is 11.3. The predicted octanol–water partition coefficient (Wildman–Crippen LogP) is -0.0315. The van der Waals surface area contributed by atoms with Gasteiger partial charge in [0.1, 0.15) is 6.04 Å². The van der Waals surface area contributed by atoms with E-state index in [-0.39, 0.29) is 23.5 Å². The van der Waals surface area contributed by atoms with Gasteiger partial charge >= 0.3 is 5.97 Å². The number of carbonyl (C=O) groups is 1. The third-order valence-corrected chi connectivity index (χ3v) is 5.30. The lowest BCUT2D eigenvalue weighted by Gasteiger charge is -2.29. The van der Waals surface area contributed by atoms with Gasteiger partial charge in [0.15, 0.2) is 9.84 Å². The lowest BCUT2D eigenvalue weighted by atomic mass is 10.1. The number of nitrogens with zero attached hydrogens (tertiary/aromatic N) is 1. The fourth-order valence-corrected chi connectivity index (χ4v) is 4.23. The molecule has 0 aromatic rings. The van der Waals surface area contributed by atoms with Crippen LogP contribution in [0.5, 0.6) is 0 Å². The van der Waals surface area contributed by atoms with Crippen LogP contribution in [-0.2, 0) is 14.6 Å². The van der Waals surface area contributed by atoms with Gasteiger partial charge in [-0.1, -0.05) is 0 Å². The van der Waals surface area contributed by atoms with Crippen LogP contribution in [0.1, 0.15) is 19.3 Å². The SMILES string of the molecule is CN(C1CCS(=O)(=O)C1)C(C(=O)O)C1CC1. The Morgan fingerprint density at radius 1 is 1.38 bits per heavy atom. The smallest absolute Gasteiger partial charge is 0.321 e. The van der Waals surface area contributed by atoms with Crippen LogP contribution in [0.25, 0.3) is 0 Å². The summed E-state index contributed by atoms with van der Waals surface area (Å²) in [5, 5.41) is 9.15. The van der Waals surface area contributed by atoms with E-state index in [1.807, 2.05) is 0 Å². The molecule has 0 amide bonds. The van der Waals surface area contributed by atoms with Crippen molar-refractivity contribution in [2.24, 2.45) is 5.92 Å². The number of rotatable bonds is 4. The van der Waals surface area contributed by atoms with Crippen LogP contribution in [0.3, 0.4) is 0 Å². The molecule has 16 heavy (non-hydrogen) atoms. The molecule has 6 heteroatoms. The lowest BCUT2D eigenvalue weighted by Crippen LogP contribution is -2.46.